The van der Waals surface area contributed by atoms with Crippen LogP contribution in [-0.4, -0.2) is 27.8 Å². The van der Waals surface area contributed by atoms with Crippen LogP contribution in [0.2, 0.25) is 0 Å². The zero-order valence-electron chi connectivity index (χ0n) is 9.61. The molecule has 1 aliphatic carbocycles. The smallest absolute Gasteiger partial charge is 0.0544 e. The van der Waals surface area contributed by atoms with Gasteiger partial charge in [0.1, 0.15) is 0 Å². The second-order valence-electron chi connectivity index (χ2n) is 4.42. The summed E-state index contributed by atoms with van der Waals surface area (Å²) in [5, 5.41) is 1.05. The minimum Gasteiger partial charge on any atom is -0.294 e. The van der Waals surface area contributed by atoms with Gasteiger partial charge < -0.3 is 0 Å². The van der Waals surface area contributed by atoms with Crippen molar-refractivity contribution in [2.45, 2.75) is 38.3 Å². The summed E-state index contributed by atoms with van der Waals surface area (Å²) in [5.74, 6) is 0. The number of nitrogens with zero attached hydrogens (tertiary/aromatic N) is 2. The molecule has 0 radical (unpaired) electrons. The van der Waals surface area contributed by atoms with Gasteiger partial charge in [-0.2, -0.15) is 0 Å². The van der Waals surface area contributed by atoms with Crippen molar-refractivity contribution >= 4 is 15.9 Å². The maximum absolute atomic E-state index is 4.42. The SMILES string of the molecule is BrCCN(Cc1ccccn1)C1CCCC1. The fourth-order valence-corrected chi connectivity index (χ4v) is 2.92. The molecule has 3 heteroatoms. The first kappa shape index (κ1) is 12.1. The summed E-state index contributed by atoms with van der Waals surface area (Å²) in [6.45, 7) is 2.12. The molecule has 0 aliphatic heterocycles. The van der Waals surface area contributed by atoms with Crippen LogP contribution in [0.3, 0.4) is 0 Å². The van der Waals surface area contributed by atoms with Crippen molar-refractivity contribution in [1.82, 2.24) is 9.88 Å². The Kier molecular flexibility index (Phi) is 4.79. The Morgan fingerprint density at radius 1 is 1.31 bits per heavy atom. The first-order valence-corrected chi connectivity index (χ1v) is 7.22. The van der Waals surface area contributed by atoms with Crippen molar-refractivity contribution in [3.05, 3.63) is 30.1 Å². The molecule has 88 valence electrons. The van der Waals surface area contributed by atoms with Crippen LogP contribution in [0.15, 0.2) is 24.4 Å². The van der Waals surface area contributed by atoms with Crippen molar-refractivity contribution < 1.29 is 0 Å². The lowest BCUT2D eigenvalue weighted by Gasteiger charge is -2.27. The fourth-order valence-electron chi connectivity index (χ4n) is 2.47. The van der Waals surface area contributed by atoms with E-state index in [0.717, 1.165) is 24.5 Å². The van der Waals surface area contributed by atoms with Gasteiger partial charge in [0, 0.05) is 30.7 Å². The third-order valence-electron chi connectivity index (χ3n) is 3.30. The molecule has 0 spiro atoms. The predicted molar refractivity (Wildman–Crippen MR) is 70.7 cm³/mol. The molecule has 0 N–H and O–H groups in total. The second kappa shape index (κ2) is 6.36. The van der Waals surface area contributed by atoms with E-state index in [1.807, 2.05) is 12.3 Å². The number of aromatic nitrogens is 1. The number of rotatable bonds is 5. The van der Waals surface area contributed by atoms with E-state index in [9.17, 15) is 0 Å². The quantitative estimate of drug-likeness (QED) is 0.771. The van der Waals surface area contributed by atoms with Gasteiger partial charge in [-0.15, -0.1) is 0 Å². The zero-order valence-corrected chi connectivity index (χ0v) is 11.2. The Hall–Kier alpha value is -0.410. The highest BCUT2D eigenvalue weighted by Crippen LogP contribution is 2.24. The highest BCUT2D eigenvalue weighted by molar-refractivity contribution is 9.09. The van der Waals surface area contributed by atoms with Gasteiger partial charge >= 0.3 is 0 Å². The molecule has 0 saturated heterocycles. The molecule has 1 aromatic rings. The van der Waals surface area contributed by atoms with E-state index in [0.29, 0.717) is 0 Å². The monoisotopic (exact) mass is 282 g/mol. The molecule has 0 atom stereocenters. The van der Waals surface area contributed by atoms with E-state index >= 15 is 0 Å². The largest absolute Gasteiger partial charge is 0.294 e. The third kappa shape index (κ3) is 3.29. The number of pyridine rings is 1. The van der Waals surface area contributed by atoms with E-state index in [1.54, 1.807) is 0 Å². The summed E-state index contributed by atoms with van der Waals surface area (Å²) in [7, 11) is 0. The molecule has 2 rings (SSSR count). The maximum Gasteiger partial charge on any atom is 0.0544 e. The van der Waals surface area contributed by atoms with E-state index in [-0.39, 0.29) is 0 Å². The number of halogens is 1. The Morgan fingerprint density at radius 3 is 2.75 bits per heavy atom. The minimum absolute atomic E-state index is 0.777. The van der Waals surface area contributed by atoms with Gasteiger partial charge in [0.2, 0.25) is 0 Å². The van der Waals surface area contributed by atoms with Crippen molar-refractivity contribution in [3.8, 4) is 0 Å². The van der Waals surface area contributed by atoms with Crippen molar-refractivity contribution in [2.75, 3.05) is 11.9 Å². The van der Waals surface area contributed by atoms with Crippen LogP contribution in [0.5, 0.6) is 0 Å². The molecular formula is C13H19BrN2. The van der Waals surface area contributed by atoms with Crippen molar-refractivity contribution in [2.24, 2.45) is 0 Å². The molecule has 2 nitrogen and oxygen atoms in total. The zero-order chi connectivity index (χ0) is 11.2. The van der Waals surface area contributed by atoms with E-state index < -0.39 is 0 Å². The predicted octanol–water partition coefficient (Wildman–Crippen LogP) is 3.22. The lowest BCUT2D eigenvalue weighted by molar-refractivity contribution is 0.200. The summed E-state index contributed by atoms with van der Waals surface area (Å²) in [4.78, 5) is 6.99. The first-order valence-electron chi connectivity index (χ1n) is 6.10. The number of alkyl halides is 1. The van der Waals surface area contributed by atoms with Crippen LogP contribution >= 0.6 is 15.9 Å². The summed E-state index contributed by atoms with van der Waals surface area (Å²) in [6, 6.07) is 6.95. The van der Waals surface area contributed by atoms with Gasteiger partial charge in [0.15, 0.2) is 0 Å². The van der Waals surface area contributed by atoms with Crippen LogP contribution in [0.1, 0.15) is 31.4 Å². The molecule has 0 bridgehead atoms. The van der Waals surface area contributed by atoms with Crippen LogP contribution < -0.4 is 0 Å². The lowest BCUT2D eigenvalue weighted by atomic mass is 10.2. The summed E-state index contributed by atoms with van der Waals surface area (Å²) in [6.07, 6.45) is 7.40. The summed E-state index contributed by atoms with van der Waals surface area (Å²) < 4.78 is 0. The molecule has 1 saturated carbocycles. The molecule has 1 fully saturated rings. The van der Waals surface area contributed by atoms with Crippen LogP contribution in [-0.2, 0) is 6.54 Å². The van der Waals surface area contributed by atoms with Crippen LogP contribution in [0, 0.1) is 0 Å². The Labute approximate surface area is 106 Å². The molecule has 0 unspecified atom stereocenters. The van der Waals surface area contributed by atoms with Gasteiger partial charge in [-0.05, 0) is 25.0 Å². The van der Waals surface area contributed by atoms with Gasteiger partial charge in [-0.3, -0.25) is 9.88 Å². The molecule has 1 heterocycles. The third-order valence-corrected chi connectivity index (χ3v) is 3.66. The van der Waals surface area contributed by atoms with Gasteiger partial charge in [-0.25, -0.2) is 0 Å². The topological polar surface area (TPSA) is 16.1 Å². The minimum atomic E-state index is 0.777. The normalized spacial score (nSPS) is 17.1. The van der Waals surface area contributed by atoms with Crippen molar-refractivity contribution in [3.63, 3.8) is 0 Å². The lowest BCUT2D eigenvalue weighted by Crippen LogP contribution is -2.34. The Morgan fingerprint density at radius 2 is 2.12 bits per heavy atom. The second-order valence-corrected chi connectivity index (χ2v) is 5.21. The maximum atomic E-state index is 4.42. The molecule has 16 heavy (non-hydrogen) atoms. The number of hydrogen-bond acceptors (Lipinski definition) is 2. The van der Waals surface area contributed by atoms with Gasteiger partial charge in [0.05, 0.1) is 5.69 Å². The van der Waals surface area contributed by atoms with Crippen molar-refractivity contribution in [1.29, 1.82) is 0 Å². The molecule has 0 amide bonds. The van der Waals surface area contributed by atoms with E-state index in [4.69, 9.17) is 0 Å². The first-order chi connectivity index (χ1) is 7.90. The average molecular weight is 283 g/mol. The van der Waals surface area contributed by atoms with E-state index in [2.05, 4.69) is 37.9 Å². The summed E-state index contributed by atoms with van der Waals surface area (Å²) >= 11 is 3.55. The highest BCUT2D eigenvalue weighted by atomic mass is 79.9. The Bertz CT molecular complexity index is 296. The molecule has 1 aliphatic rings. The van der Waals surface area contributed by atoms with Gasteiger partial charge in [0.25, 0.3) is 0 Å². The molecule has 1 aromatic heterocycles. The van der Waals surface area contributed by atoms with Crippen LogP contribution in [0.25, 0.3) is 0 Å². The van der Waals surface area contributed by atoms with E-state index in [1.165, 1.54) is 31.4 Å². The molecule has 0 aromatic carbocycles. The fraction of sp³-hybridized carbons (Fsp3) is 0.615. The number of hydrogen-bond donors (Lipinski definition) is 0. The summed E-state index contributed by atoms with van der Waals surface area (Å²) in [5.41, 5.74) is 1.19. The Balaban J connectivity index is 1.96. The van der Waals surface area contributed by atoms with Gasteiger partial charge in [-0.1, -0.05) is 34.8 Å². The standard InChI is InChI=1S/C13H19BrN2/c14-8-10-16(13-6-1-2-7-13)11-12-5-3-4-9-15-12/h3-5,9,13H,1-2,6-8,10-11H2. The highest BCUT2D eigenvalue weighted by Gasteiger charge is 2.22. The molecular weight excluding hydrogens is 264 g/mol. The van der Waals surface area contributed by atoms with Crippen LogP contribution in [0.4, 0.5) is 0 Å². The average Bonchev–Trinajstić information content (AvgIpc) is 2.83.